The number of rotatable bonds is 5. The minimum absolute atomic E-state index is 0.201. The molecule has 1 aromatic heterocycles. The Labute approximate surface area is 326 Å². The highest BCUT2D eigenvalue weighted by Gasteiger charge is 2.22. The summed E-state index contributed by atoms with van der Waals surface area (Å²) in [6.45, 7) is 0. The van der Waals surface area contributed by atoms with Crippen molar-refractivity contribution in [3.8, 4) is 55.6 Å². The lowest BCUT2D eigenvalue weighted by molar-refractivity contribution is 0.669. The number of hydrogen-bond acceptors (Lipinski definition) is 1. The average Bonchev–Trinajstić information content (AvgIpc) is 3.69. The molecule has 0 N–H and O–H groups in total. The minimum atomic E-state index is -0.405. The van der Waals surface area contributed by atoms with Crippen molar-refractivity contribution in [2.24, 2.45) is 0 Å². The number of hydrogen-bond donors (Lipinski definition) is 0. The number of fused-ring (bicyclic) bond motifs is 6. The van der Waals surface area contributed by atoms with E-state index in [1.807, 2.05) is 54.6 Å². The lowest BCUT2D eigenvalue weighted by atomic mass is 9.83. The lowest BCUT2D eigenvalue weighted by Gasteiger charge is -2.20. The van der Waals surface area contributed by atoms with E-state index in [2.05, 4.69) is 121 Å². The molecule has 0 bridgehead atoms. The van der Waals surface area contributed by atoms with Crippen LogP contribution in [0.1, 0.15) is 6.85 Å². The topological polar surface area (TPSA) is 13.1 Å². The van der Waals surface area contributed by atoms with Crippen LogP contribution in [0, 0.1) is 0 Å². The second kappa shape index (κ2) is 12.7. The molecule has 256 valence electrons. The van der Waals surface area contributed by atoms with Crippen molar-refractivity contribution in [1.29, 1.82) is 0 Å². The predicted octanol–water partition coefficient (Wildman–Crippen LogP) is 15.4. The van der Waals surface area contributed by atoms with E-state index >= 15 is 0 Å². The molecule has 0 fully saturated rings. The van der Waals surface area contributed by atoms with Gasteiger partial charge in [0, 0.05) is 16.3 Å². The third-order valence-electron chi connectivity index (χ3n) is 11.0. The first kappa shape index (κ1) is 26.5. The van der Waals surface area contributed by atoms with Crippen LogP contribution in [0.4, 0.5) is 0 Å². The van der Waals surface area contributed by atoms with Crippen molar-refractivity contribution >= 4 is 54.3 Å². The molecule has 0 atom stereocenters. The molecule has 55 heavy (non-hydrogen) atoms. The van der Waals surface area contributed by atoms with Crippen LogP contribution in [0.5, 0.6) is 0 Å². The van der Waals surface area contributed by atoms with Crippen LogP contribution < -0.4 is 0 Å². The van der Waals surface area contributed by atoms with E-state index in [4.69, 9.17) is 11.3 Å². The molecular weight excluding hydrogens is 665 g/mol. The fourth-order valence-electron chi connectivity index (χ4n) is 8.62. The number of benzene rings is 10. The van der Waals surface area contributed by atoms with Gasteiger partial charge in [0.15, 0.2) is 0 Å². The van der Waals surface area contributed by atoms with Gasteiger partial charge < -0.3 is 4.42 Å². The molecule has 1 heteroatoms. The molecule has 0 radical (unpaired) electrons. The van der Waals surface area contributed by atoms with Crippen LogP contribution in [-0.4, -0.2) is 0 Å². The fourth-order valence-corrected chi connectivity index (χ4v) is 8.62. The van der Waals surface area contributed by atoms with Gasteiger partial charge in [0.25, 0.3) is 0 Å². The van der Waals surface area contributed by atoms with Gasteiger partial charge in [-0.15, -0.1) is 0 Å². The first-order valence-corrected chi connectivity index (χ1v) is 18.5. The standard InChI is InChI=1S/C54H34O/c1-3-15-35(16-4-1)36-27-29-38(30-28-36)52-46(33-34-50-54(52)48-25-13-14-26-49(48)55-50)41-31-32-47(40-20-8-7-19-39(40)41)53-44-23-11-9-21-42(44)51(37-17-5-2-6-18-37)43-22-10-12-24-45(43)53/h1-34H/i2D,5D,6D,17D,18D. The molecule has 0 amide bonds. The Kier molecular flexibility index (Phi) is 6.14. The monoisotopic (exact) mass is 703 g/mol. The van der Waals surface area contributed by atoms with Crippen molar-refractivity contribution in [2.45, 2.75) is 0 Å². The van der Waals surface area contributed by atoms with Crippen molar-refractivity contribution in [3.63, 3.8) is 0 Å². The third kappa shape index (κ3) is 5.01. The Balaban J connectivity index is 1.19. The maximum Gasteiger partial charge on any atom is 0.136 e. The molecule has 0 aliphatic rings. The Morgan fingerprint density at radius 3 is 1.45 bits per heavy atom. The van der Waals surface area contributed by atoms with Gasteiger partial charge in [-0.2, -0.15) is 0 Å². The van der Waals surface area contributed by atoms with Crippen LogP contribution in [0.25, 0.3) is 110 Å². The van der Waals surface area contributed by atoms with E-state index in [-0.39, 0.29) is 29.7 Å². The van der Waals surface area contributed by atoms with Crippen molar-refractivity contribution in [2.75, 3.05) is 0 Å². The molecule has 1 nitrogen and oxygen atoms in total. The molecule has 0 aliphatic heterocycles. The smallest absolute Gasteiger partial charge is 0.136 e. The largest absolute Gasteiger partial charge is 0.456 e. The van der Waals surface area contributed by atoms with Gasteiger partial charge in [0.05, 0.1) is 6.85 Å². The summed E-state index contributed by atoms with van der Waals surface area (Å²) in [6.07, 6.45) is 0. The lowest BCUT2D eigenvalue weighted by Crippen LogP contribution is -1.93. The minimum Gasteiger partial charge on any atom is -0.456 e. The van der Waals surface area contributed by atoms with Gasteiger partial charge >= 0.3 is 0 Å². The summed E-state index contributed by atoms with van der Waals surface area (Å²) in [5.74, 6) is 0. The maximum atomic E-state index is 8.99. The maximum absolute atomic E-state index is 8.99. The van der Waals surface area contributed by atoms with Gasteiger partial charge in [-0.1, -0.05) is 188 Å². The van der Waals surface area contributed by atoms with Crippen molar-refractivity contribution in [1.82, 2.24) is 0 Å². The molecule has 1 heterocycles. The summed E-state index contributed by atoms with van der Waals surface area (Å²) < 4.78 is 49.8. The summed E-state index contributed by atoms with van der Waals surface area (Å²) in [4.78, 5) is 0. The second-order valence-corrected chi connectivity index (χ2v) is 14.0. The molecule has 0 saturated heterocycles. The van der Waals surface area contributed by atoms with E-state index in [9.17, 15) is 0 Å². The normalized spacial score (nSPS) is 12.9. The Hall–Kier alpha value is -7.22. The first-order chi connectivity index (χ1) is 29.4. The van der Waals surface area contributed by atoms with Crippen molar-refractivity contribution < 1.29 is 11.3 Å². The third-order valence-corrected chi connectivity index (χ3v) is 11.0. The van der Waals surface area contributed by atoms with Crippen LogP contribution in [0.3, 0.4) is 0 Å². The van der Waals surface area contributed by atoms with Crippen LogP contribution >= 0.6 is 0 Å². The quantitative estimate of drug-likeness (QED) is 0.163. The molecule has 10 aromatic carbocycles. The van der Waals surface area contributed by atoms with Gasteiger partial charge in [-0.05, 0) is 101 Å². The molecule has 0 spiro atoms. The SMILES string of the molecule is [2H]c1c([2H])c([2H])c(-c2c3ccccc3c(-c3ccc(-c4ccc5oc6ccccc6c5c4-c4ccc(-c5ccccc5)cc4)c4ccccc34)c3ccccc23)c([2H])c1[2H]. The summed E-state index contributed by atoms with van der Waals surface area (Å²) >= 11 is 0. The summed E-state index contributed by atoms with van der Waals surface area (Å²) in [5, 5.41) is 7.80. The highest BCUT2D eigenvalue weighted by molar-refractivity contribution is 6.25. The Morgan fingerprint density at radius 1 is 0.291 bits per heavy atom. The first-order valence-electron chi connectivity index (χ1n) is 21.0. The molecule has 0 saturated carbocycles. The number of furan rings is 1. The average molecular weight is 704 g/mol. The Bertz CT molecular complexity index is 3450. The van der Waals surface area contributed by atoms with E-state index < -0.39 is 6.04 Å². The van der Waals surface area contributed by atoms with E-state index in [1.54, 1.807) is 0 Å². The molecule has 0 unspecified atom stereocenters. The predicted molar refractivity (Wildman–Crippen MR) is 233 cm³/mol. The zero-order valence-electron chi connectivity index (χ0n) is 34.7. The zero-order chi connectivity index (χ0) is 40.6. The summed E-state index contributed by atoms with van der Waals surface area (Å²) in [7, 11) is 0. The van der Waals surface area contributed by atoms with Gasteiger partial charge in [0.2, 0.25) is 0 Å². The van der Waals surface area contributed by atoms with Crippen LogP contribution in [0.2, 0.25) is 0 Å². The molecule has 0 aliphatic carbocycles. The molecular formula is C54H34O. The molecule has 11 aromatic rings. The highest BCUT2D eigenvalue weighted by atomic mass is 16.3. The van der Waals surface area contributed by atoms with E-state index in [0.29, 0.717) is 5.56 Å². The fraction of sp³-hybridized carbons (Fsp3) is 0. The van der Waals surface area contributed by atoms with Crippen molar-refractivity contribution in [3.05, 3.63) is 206 Å². The highest BCUT2D eigenvalue weighted by Crippen LogP contribution is 2.49. The summed E-state index contributed by atoms with van der Waals surface area (Å²) in [6, 6.07) is 59.3. The van der Waals surface area contributed by atoms with Crippen LogP contribution in [-0.2, 0) is 0 Å². The van der Waals surface area contributed by atoms with E-state index in [1.165, 1.54) is 5.56 Å². The Morgan fingerprint density at radius 2 is 0.782 bits per heavy atom. The van der Waals surface area contributed by atoms with Gasteiger partial charge in [-0.25, -0.2) is 0 Å². The van der Waals surface area contributed by atoms with E-state index in [0.717, 1.165) is 93.2 Å². The molecule has 11 rings (SSSR count). The zero-order valence-corrected chi connectivity index (χ0v) is 29.7. The van der Waals surface area contributed by atoms with Gasteiger partial charge in [-0.3, -0.25) is 0 Å². The second-order valence-electron chi connectivity index (χ2n) is 14.0. The van der Waals surface area contributed by atoms with Gasteiger partial charge in [0.1, 0.15) is 11.2 Å². The van der Waals surface area contributed by atoms with Crippen LogP contribution in [0.15, 0.2) is 211 Å². The number of para-hydroxylation sites is 1. The summed E-state index contributed by atoms with van der Waals surface area (Å²) in [5.41, 5.74) is 11.3.